The Bertz CT molecular complexity index is 938. The highest BCUT2D eigenvalue weighted by atomic mass is 32.1. The average molecular weight is 406 g/mol. The molecular weight excluding hydrogens is 382 g/mol. The molecule has 29 heavy (non-hydrogen) atoms. The summed E-state index contributed by atoms with van der Waals surface area (Å²) in [4.78, 5) is 4.48. The maximum absolute atomic E-state index is 9.44. The second-order valence-corrected chi connectivity index (χ2v) is 7.25. The molecule has 6 heteroatoms. The number of para-hydroxylation sites is 1. The predicted octanol–water partition coefficient (Wildman–Crippen LogP) is 4.70. The standard InChI is InChI=1S/C23H23N3O2S/c27-20-10-8-19(9-11-20)25-14-16-26(17-15-25)23(29)24-18-6-12-22(13-7-18)28-21-4-2-1-3-5-21/h1-13,27H,14-17H2,(H,24,29). The quantitative estimate of drug-likeness (QED) is 0.614. The highest BCUT2D eigenvalue weighted by Crippen LogP contribution is 2.23. The van der Waals surface area contributed by atoms with Crippen LogP contribution in [-0.2, 0) is 0 Å². The molecule has 1 fully saturated rings. The molecule has 0 bridgehead atoms. The molecule has 5 nitrogen and oxygen atoms in total. The number of anilines is 2. The molecule has 148 valence electrons. The third-order valence-electron chi connectivity index (χ3n) is 4.87. The zero-order chi connectivity index (χ0) is 20.1. The van der Waals surface area contributed by atoms with Gasteiger partial charge in [0.1, 0.15) is 17.2 Å². The Labute approximate surface area is 176 Å². The van der Waals surface area contributed by atoms with Gasteiger partial charge in [0.2, 0.25) is 0 Å². The number of nitrogens with zero attached hydrogens (tertiary/aromatic N) is 2. The second-order valence-electron chi connectivity index (χ2n) is 6.86. The van der Waals surface area contributed by atoms with Crippen molar-refractivity contribution in [2.75, 3.05) is 36.4 Å². The summed E-state index contributed by atoms with van der Waals surface area (Å²) in [5.41, 5.74) is 2.06. The highest BCUT2D eigenvalue weighted by molar-refractivity contribution is 7.80. The van der Waals surface area contributed by atoms with E-state index < -0.39 is 0 Å². The van der Waals surface area contributed by atoms with Crippen LogP contribution in [0.15, 0.2) is 78.9 Å². The van der Waals surface area contributed by atoms with Gasteiger partial charge in [0.05, 0.1) is 0 Å². The number of ether oxygens (including phenoxy) is 1. The molecule has 2 N–H and O–H groups in total. The largest absolute Gasteiger partial charge is 0.508 e. The SMILES string of the molecule is Oc1ccc(N2CCN(C(=S)Nc3ccc(Oc4ccccc4)cc3)CC2)cc1. The lowest BCUT2D eigenvalue weighted by atomic mass is 10.2. The summed E-state index contributed by atoms with van der Waals surface area (Å²) in [6.07, 6.45) is 0. The van der Waals surface area contributed by atoms with Crippen molar-refractivity contribution in [3.8, 4) is 17.2 Å². The molecule has 0 spiro atoms. The van der Waals surface area contributed by atoms with Crippen molar-refractivity contribution in [3.63, 3.8) is 0 Å². The minimum absolute atomic E-state index is 0.290. The predicted molar refractivity (Wildman–Crippen MR) is 121 cm³/mol. The molecule has 0 amide bonds. The molecule has 0 aliphatic carbocycles. The molecule has 1 saturated heterocycles. The maximum Gasteiger partial charge on any atom is 0.173 e. The highest BCUT2D eigenvalue weighted by Gasteiger charge is 2.19. The van der Waals surface area contributed by atoms with Gasteiger partial charge < -0.3 is 25.0 Å². The van der Waals surface area contributed by atoms with Crippen LogP contribution in [0, 0.1) is 0 Å². The molecule has 4 rings (SSSR count). The van der Waals surface area contributed by atoms with Crippen molar-refractivity contribution in [1.82, 2.24) is 4.90 Å². The first-order valence-electron chi connectivity index (χ1n) is 9.60. The van der Waals surface area contributed by atoms with E-state index in [9.17, 15) is 5.11 Å². The van der Waals surface area contributed by atoms with E-state index in [4.69, 9.17) is 17.0 Å². The Hall–Kier alpha value is -3.25. The van der Waals surface area contributed by atoms with Crippen molar-refractivity contribution in [1.29, 1.82) is 0 Å². The number of thiocarbonyl (C=S) groups is 1. The molecule has 0 aromatic heterocycles. The van der Waals surface area contributed by atoms with E-state index in [0.29, 0.717) is 0 Å². The number of phenols is 1. The van der Waals surface area contributed by atoms with E-state index in [0.717, 1.165) is 54.2 Å². The summed E-state index contributed by atoms with van der Waals surface area (Å²) >= 11 is 5.60. The van der Waals surface area contributed by atoms with Crippen LogP contribution >= 0.6 is 12.2 Å². The van der Waals surface area contributed by atoms with E-state index in [1.807, 2.05) is 66.7 Å². The van der Waals surface area contributed by atoms with E-state index in [2.05, 4.69) is 15.1 Å². The molecule has 1 aliphatic heterocycles. The lowest BCUT2D eigenvalue weighted by Gasteiger charge is -2.37. The zero-order valence-electron chi connectivity index (χ0n) is 16.0. The Morgan fingerprint density at radius 2 is 1.41 bits per heavy atom. The topological polar surface area (TPSA) is 48.0 Å². The van der Waals surface area contributed by atoms with Gasteiger partial charge in [-0.25, -0.2) is 0 Å². The fourth-order valence-corrected chi connectivity index (χ4v) is 3.57. The summed E-state index contributed by atoms with van der Waals surface area (Å²) in [7, 11) is 0. The zero-order valence-corrected chi connectivity index (χ0v) is 16.8. The minimum atomic E-state index is 0.290. The van der Waals surface area contributed by atoms with Crippen LogP contribution in [0.25, 0.3) is 0 Å². The molecule has 3 aromatic rings. The van der Waals surface area contributed by atoms with E-state index >= 15 is 0 Å². The molecular formula is C23H23N3O2S. The molecule has 0 radical (unpaired) electrons. The van der Waals surface area contributed by atoms with Gasteiger partial charge in [-0.3, -0.25) is 0 Å². The third-order valence-corrected chi connectivity index (χ3v) is 5.23. The Morgan fingerprint density at radius 1 is 0.793 bits per heavy atom. The Kier molecular flexibility index (Phi) is 5.81. The third kappa shape index (κ3) is 4.97. The number of hydrogen-bond acceptors (Lipinski definition) is 4. The number of nitrogens with one attached hydrogen (secondary N) is 1. The molecule has 1 aliphatic rings. The number of aromatic hydroxyl groups is 1. The lowest BCUT2D eigenvalue weighted by molar-refractivity contribution is 0.391. The fourth-order valence-electron chi connectivity index (χ4n) is 3.26. The normalized spacial score (nSPS) is 13.8. The van der Waals surface area contributed by atoms with Gasteiger partial charge in [-0.15, -0.1) is 0 Å². The van der Waals surface area contributed by atoms with Gasteiger partial charge in [0.25, 0.3) is 0 Å². The van der Waals surface area contributed by atoms with Crippen LogP contribution in [0.1, 0.15) is 0 Å². The number of phenolic OH excluding ortho intramolecular Hbond substituents is 1. The first-order chi connectivity index (χ1) is 14.2. The van der Waals surface area contributed by atoms with Crippen molar-refractivity contribution in [3.05, 3.63) is 78.9 Å². The van der Waals surface area contributed by atoms with Crippen LogP contribution in [0.5, 0.6) is 17.2 Å². The van der Waals surface area contributed by atoms with Gasteiger partial charge in [0.15, 0.2) is 5.11 Å². The van der Waals surface area contributed by atoms with Gasteiger partial charge in [-0.2, -0.15) is 0 Å². The smallest absolute Gasteiger partial charge is 0.173 e. The molecule has 3 aromatic carbocycles. The monoisotopic (exact) mass is 405 g/mol. The number of piperazine rings is 1. The summed E-state index contributed by atoms with van der Waals surface area (Å²) in [5.74, 6) is 1.89. The van der Waals surface area contributed by atoms with Crippen molar-refractivity contribution in [2.45, 2.75) is 0 Å². The summed E-state index contributed by atoms with van der Waals surface area (Å²) in [5, 5.41) is 13.5. The Balaban J connectivity index is 1.29. The molecule has 0 unspecified atom stereocenters. The second kappa shape index (κ2) is 8.84. The first kappa shape index (κ1) is 19.1. The minimum Gasteiger partial charge on any atom is -0.508 e. The van der Waals surface area contributed by atoms with Crippen LogP contribution in [-0.4, -0.2) is 41.3 Å². The van der Waals surface area contributed by atoms with Crippen molar-refractivity contribution < 1.29 is 9.84 Å². The molecule has 1 heterocycles. The lowest BCUT2D eigenvalue weighted by Crippen LogP contribution is -2.50. The van der Waals surface area contributed by atoms with E-state index in [1.165, 1.54) is 0 Å². The maximum atomic E-state index is 9.44. The summed E-state index contributed by atoms with van der Waals surface area (Å²) < 4.78 is 5.82. The van der Waals surface area contributed by atoms with Crippen molar-refractivity contribution >= 4 is 28.7 Å². The van der Waals surface area contributed by atoms with Gasteiger partial charge >= 0.3 is 0 Å². The van der Waals surface area contributed by atoms with E-state index in [-0.39, 0.29) is 5.75 Å². The van der Waals surface area contributed by atoms with Crippen LogP contribution < -0.4 is 15.0 Å². The van der Waals surface area contributed by atoms with Gasteiger partial charge in [-0.1, -0.05) is 18.2 Å². The van der Waals surface area contributed by atoms with Crippen LogP contribution in [0.3, 0.4) is 0 Å². The molecule has 0 atom stereocenters. The average Bonchev–Trinajstić information content (AvgIpc) is 2.76. The van der Waals surface area contributed by atoms with Crippen molar-refractivity contribution in [2.24, 2.45) is 0 Å². The molecule has 0 saturated carbocycles. The summed E-state index contributed by atoms with van der Waals surface area (Å²) in [6, 6.07) is 24.9. The fraction of sp³-hybridized carbons (Fsp3) is 0.174. The summed E-state index contributed by atoms with van der Waals surface area (Å²) in [6.45, 7) is 3.47. The Morgan fingerprint density at radius 3 is 2.07 bits per heavy atom. The van der Waals surface area contributed by atoms with Gasteiger partial charge in [-0.05, 0) is 72.9 Å². The van der Waals surface area contributed by atoms with Crippen LogP contribution in [0.2, 0.25) is 0 Å². The first-order valence-corrected chi connectivity index (χ1v) is 10.0. The van der Waals surface area contributed by atoms with Crippen LogP contribution in [0.4, 0.5) is 11.4 Å². The number of hydrogen-bond donors (Lipinski definition) is 2. The number of rotatable bonds is 4. The number of benzene rings is 3. The van der Waals surface area contributed by atoms with Gasteiger partial charge in [0, 0.05) is 37.6 Å². The van der Waals surface area contributed by atoms with E-state index in [1.54, 1.807) is 12.1 Å².